The molecule has 1 atom stereocenters. The number of hydrogen-bond acceptors (Lipinski definition) is 2. The lowest BCUT2D eigenvalue weighted by atomic mass is 9.95. The van der Waals surface area contributed by atoms with Gasteiger partial charge in [-0.25, -0.2) is 9.78 Å². The molecule has 0 radical (unpaired) electrons. The van der Waals surface area contributed by atoms with Crippen LogP contribution in [0.25, 0.3) is 0 Å². The normalized spacial score (nSPS) is 12.4. The van der Waals surface area contributed by atoms with E-state index in [2.05, 4.69) is 55.3 Å². The van der Waals surface area contributed by atoms with Crippen LogP contribution in [0.2, 0.25) is 0 Å². The van der Waals surface area contributed by atoms with Crippen LogP contribution in [0.15, 0.2) is 43.0 Å². The van der Waals surface area contributed by atoms with Crippen LogP contribution in [0.5, 0.6) is 0 Å². The first-order valence-electron chi connectivity index (χ1n) is 6.99. The van der Waals surface area contributed by atoms with E-state index in [9.17, 15) is 4.79 Å². The first-order valence-corrected chi connectivity index (χ1v) is 6.99. The molecule has 1 unspecified atom stereocenters. The molecule has 106 valence electrons. The van der Waals surface area contributed by atoms with Gasteiger partial charge in [0.2, 0.25) is 0 Å². The van der Waals surface area contributed by atoms with Crippen molar-refractivity contribution in [2.24, 2.45) is 5.92 Å². The summed E-state index contributed by atoms with van der Waals surface area (Å²) in [6.45, 7) is 6.34. The highest BCUT2D eigenvalue weighted by atomic mass is 16.2. The zero-order valence-corrected chi connectivity index (χ0v) is 12.2. The Labute approximate surface area is 119 Å². The van der Waals surface area contributed by atoms with E-state index in [0.29, 0.717) is 5.92 Å². The quantitative estimate of drug-likeness (QED) is 0.926. The second kappa shape index (κ2) is 6.37. The monoisotopic (exact) mass is 271 g/mol. The van der Waals surface area contributed by atoms with Crippen LogP contribution in [-0.4, -0.2) is 15.6 Å². The molecule has 2 aromatic rings. The molecule has 4 heteroatoms. The Morgan fingerprint density at radius 2 is 2.00 bits per heavy atom. The molecule has 0 fully saturated rings. The number of hydrogen-bond donors (Lipinski definition) is 1. The minimum absolute atomic E-state index is 0.00388. The van der Waals surface area contributed by atoms with Gasteiger partial charge in [0.25, 0.3) is 0 Å². The van der Waals surface area contributed by atoms with Gasteiger partial charge in [-0.3, -0.25) is 4.57 Å². The van der Waals surface area contributed by atoms with Gasteiger partial charge in [0.15, 0.2) is 0 Å². The molecule has 1 aromatic carbocycles. The molecule has 0 saturated carbocycles. The summed E-state index contributed by atoms with van der Waals surface area (Å²) in [5.74, 6) is 0.315. The Hall–Kier alpha value is -2.10. The zero-order valence-electron chi connectivity index (χ0n) is 12.2. The summed E-state index contributed by atoms with van der Waals surface area (Å²) in [7, 11) is 0. The lowest BCUT2D eigenvalue weighted by molar-refractivity contribution is 0.234. The van der Waals surface area contributed by atoms with Crippen LogP contribution in [0.3, 0.4) is 0 Å². The summed E-state index contributed by atoms with van der Waals surface area (Å²) in [4.78, 5) is 16.0. The van der Waals surface area contributed by atoms with Crippen molar-refractivity contribution >= 4 is 6.03 Å². The molecular weight excluding hydrogens is 250 g/mol. The van der Waals surface area contributed by atoms with Crippen molar-refractivity contribution in [2.75, 3.05) is 0 Å². The predicted octanol–water partition coefficient (Wildman–Crippen LogP) is 3.40. The number of aryl methyl sites for hydroxylation is 1. The standard InChI is InChI=1S/C16H21N3O/c1-4-13-5-7-14(8-6-13)15(12(2)3)18-16(20)19-10-9-17-11-19/h5-12,15H,4H2,1-3H3,(H,18,20). The van der Waals surface area contributed by atoms with Crippen LogP contribution >= 0.6 is 0 Å². The number of carbonyl (C=O) groups excluding carboxylic acids is 1. The molecule has 1 heterocycles. The molecule has 0 spiro atoms. The van der Waals surface area contributed by atoms with Crippen LogP contribution in [-0.2, 0) is 6.42 Å². The summed E-state index contributed by atoms with van der Waals surface area (Å²) in [5, 5.41) is 3.06. The van der Waals surface area contributed by atoms with E-state index in [4.69, 9.17) is 0 Å². The largest absolute Gasteiger partial charge is 0.330 e. The molecule has 0 saturated heterocycles. The van der Waals surface area contributed by atoms with Crippen molar-refractivity contribution in [3.05, 3.63) is 54.1 Å². The van der Waals surface area contributed by atoms with Crippen molar-refractivity contribution in [2.45, 2.75) is 33.2 Å². The van der Waals surface area contributed by atoms with Gasteiger partial charge >= 0.3 is 6.03 Å². The average molecular weight is 271 g/mol. The Kier molecular flexibility index (Phi) is 4.56. The van der Waals surface area contributed by atoms with Gasteiger partial charge in [-0.1, -0.05) is 45.0 Å². The highest BCUT2D eigenvalue weighted by Crippen LogP contribution is 2.22. The number of amides is 1. The average Bonchev–Trinajstić information content (AvgIpc) is 2.98. The summed E-state index contributed by atoms with van der Waals surface area (Å²) < 4.78 is 1.45. The summed E-state index contributed by atoms with van der Waals surface area (Å²) in [6, 6.07) is 8.27. The first-order chi connectivity index (χ1) is 9.61. The summed E-state index contributed by atoms with van der Waals surface area (Å²) in [5.41, 5.74) is 2.43. The van der Waals surface area contributed by atoms with E-state index in [0.717, 1.165) is 12.0 Å². The molecule has 20 heavy (non-hydrogen) atoms. The number of benzene rings is 1. The van der Waals surface area contributed by atoms with Gasteiger partial charge in [-0.2, -0.15) is 0 Å². The SMILES string of the molecule is CCc1ccc(C(NC(=O)n2ccnc2)C(C)C)cc1. The van der Waals surface area contributed by atoms with Crippen molar-refractivity contribution in [3.8, 4) is 0 Å². The Morgan fingerprint density at radius 3 is 2.50 bits per heavy atom. The maximum Gasteiger partial charge on any atom is 0.327 e. The molecule has 4 nitrogen and oxygen atoms in total. The topological polar surface area (TPSA) is 46.9 Å². The van der Waals surface area contributed by atoms with Crippen molar-refractivity contribution in [1.29, 1.82) is 0 Å². The van der Waals surface area contributed by atoms with Crippen molar-refractivity contribution < 1.29 is 4.79 Å². The second-order valence-corrected chi connectivity index (χ2v) is 5.24. The van der Waals surface area contributed by atoms with Crippen molar-refractivity contribution in [1.82, 2.24) is 14.9 Å². The van der Waals surface area contributed by atoms with E-state index < -0.39 is 0 Å². The predicted molar refractivity (Wildman–Crippen MR) is 79.6 cm³/mol. The van der Waals surface area contributed by atoms with Crippen LogP contribution in [0, 0.1) is 5.92 Å². The third-order valence-corrected chi connectivity index (χ3v) is 3.43. The van der Waals surface area contributed by atoms with Gasteiger partial charge in [-0.15, -0.1) is 0 Å². The number of nitrogens with one attached hydrogen (secondary N) is 1. The first kappa shape index (κ1) is 14.3. The third kappa shape index (κ3) is 3.26. The van der Waals surface area contributed by atoms with E-state index in [-0.39, 0.29) is 12.1 Å². The fourth-order valence-electron chi connectivity index (χ4n) is 2.18. The lowest BCUT2D eigenvalue weighted by Crippen LogP contribution is -2.34. The molecule has 0 aliphatic carbocycles. The van der Waals surface area contributed by atoms with Gasteiger partial charge < -0.3 is 5.32 Å². The maximum atomic E-state index is 12.1. The number of carbonyl (C=O) groups is 1. The highest BCUT2D eigenvalue weighted by molar-refractivity contribution is 5.76. The Morgan fingerprint density at radius 1 is 1.30 bits per heavy atom. The van der Waals surface area contributed by atoms with Gasteiger partial charge in [0.05, 0.1) is 6.04 Å². The minimum atomic E-state index is -0.152. The summed E-state index contributed by atoms with van der Waals surface area (Å²) in [6.07, 6.45) is 5.77. The Balaban J connectivity index is 2.16. The Bertz CT molecular complexity index is 544. The number of rotatable bonds is 4. The van der Waals surface area contributed by atoms with Crippen LogP contribution in [0.1, 0.15) is 37.9 Å². The molecule has 1 amide bonds. The number of nitrogens with zero attached hydrogens (tertiary/aromatic N) is 2. The maximum absolute atomic E-state index is 12.1. The minimum Gasteiger partial charge on any atom is -0.330 e. The fraction of sp³-hybridized carbons (Fsp3) is 0.375. The molecule has 0 bridgehead atoms. The third-order valence-electron chi connectivity index (χ3n) is 3.43. The molecule has 1 aromatic heterocycles. The highest BCUT2D eigenvalue weighted by Gasteiger charge is 2.18. The number of aromatic nitrogens is 2. The van der Waals surface area contributed by atoms with Gasteiger partial charge in [0, 0.05) is 12.4 Å². The van der Waals surface area contributed by atoms with Gasteiger partial charge in [-0.05, 0) is 23.5 Å². The van der Waals surface area contributed by atoms with Gasteiger partial charge in [0.1, 0.15) is 6.33 Å². The lowest BCUT2D eigenvalue weighted by Gasteiger charge is -2.23. The molecule has 1 N–H and O–H groups in total. The van der Waals surface area contributed by atoms with E-state index in [1.807, 2.05) is 0 Å². The number of imidazole rings is 1. The van der Waals surface area contributed by atoms with E-state index in [1.165, 1.54) is 16.5 Å². The van der Waals surface area contributed by atoms with Crippen LogP contribution < -0.4 is 5.32 Å². The van der Waals surface area contributed by atoms with E-state index in [1.54, 1.807) is 12.4 Å². The zero-order chi connectivity index (χ0) is 14.5. The summed E-state index contributed by atoms with van der Waals surface area (Å²) >= 11 is 0. The fourth-order valence-corrected chi connectivity index (χ4v) is 2.18. The molecule has 2 rings (SSSR count). The molecule has 0 aliphatic rings. The van der Waals surface area contributed by atoms with E-state index >= 15 is 0 Å². The van der Waals surface area contributed by atoms with Crippen molar-refractivity contribution in [3.63, 3.8) is 0 Å². The molecule has 0 aliphatic heterocycles. The smallest absolute Gasteiger partial charge is 0.327 e. The molecular formula is C16H21N3O. The van der Waals surface area contributed by atoms with Crippen LogP contribution in [0.4, 0.5) is 4.79 Å². The second-order valence-electron chi connectivity index (χ2n) is 5.24.